The highest BCUT2D eigenvalue weighted by atomic mass is 16.5. The summed E-state index contributed by atoms with van der Waals surface area (Å²) in [4.78, 5) is 54.7. The molecule has 4 fully saturated rings. The van der Waals surface area contributed by atoms with Crippen molar-refractivity contribution in [3.63, 3.8) is 0 Å². The summed E-state index contributed by atoms with van der Waals surface area (Å²) in [5, 5.41) is 6.26. The standard InChI is InChI=1S/C41H61N3O5/c1-26(2)27(3)35-28-13-14-31-39(8,29(28)15-20-41(35,21-23-45)44-36(48)43-33-12-10-11-22-42-33)18-16-30-38(6,7)32(17-19-40(30,31)9)49-34(47)24-37(4,5)25-46/h10-12,22-23,25-26,28-32H,13-21,24H2,1-9H3,(H2,42,43,44,48)/b35-27+. The van der Waals surface area contributed by atoms with Gasteiger partial charge in [-0.2, -0.15) is 0 Å². The van der Waals surface area contributed by atoms with Gasteiger partial charge in [0.05, 0.1) is 12.0 Å². The minimum Gasteiger partial charge on any atom is -0.462 e. The number of aromatic nitrogens is 1. The number of allylic oxidation sites excluding steroid dienone is 1. The molecule has 4 saturated carbocycles. The Labute approximate surface area is 294 Å². The van der Waals surface area contributed by atoms with Gasteiger partial charge in [0.25, 0.3) is 0 Å². The highest BCUT2D eigenvalue weighted by molar-refractivity contribution is 5.89. The summed E-state index contributed by atoms with van der Waals surface area (Å²) in [6, 6.07) is 5.10. The summed E-state index contributed by atoms with van der Waals surface area (Å²) >= 11 is 0. The molecule has 1 aromatic rings. The van der Waals surface area contributed by atoms with Gasteiger partial charge in [-0.05, 0) is 116 Å². The van der Waals surface area contributed by atoms with Gasteiger partial charge >= 0.3 is 12.0 Å². The molecule has 5 rings (SSSR count). The Morgan fingerprint density at radius 3 is 2.33 bits per heavy atom. The van der Waals surface area contributed by atoms with Crippen LogP contribution in [0, 0.1) is 51.2 Å². The van der Waals surface area contributed by atoms with Crippen molar-refractivity contribution >= 4 is 30.4 Å². The van der Waals surface area contributed by atoms with E-state index < -0.39 is 11.0 Å². The Morgan fingerprint density at radius 2 is 1.69 bits per heavy atom. The van der Waals surface area contributed by atoms with Crippen LogP contribution in [-0.4, -0.2) is 41.2 Å². The number of pyridine rings is 1. The van der Waals surface area contributed by atoms with Gasteiger partial charge < -0.3 is 19.6 Å². The molecule has 2 amide bonds. The monoisotopic (exact) mass is 675 g/mol. The molecule has 4 aliphatic rings. The Morgan fingerprint density at radius 1 is 0.980 bits per heavy atom. The number of nitrogens with zero attached hydrogens (tertiary/aromatic N) is 1. The van der Waals surface area contributed by atoms with E-state index in [0.717, 1.165) is 63.9 Å². The largest absolute Gasteiger partial charge is 0.462 e. The van der Waals surface area contributed by atoms with Gasteiger partial charge in [0.15, 0.2) is 0 Å². The van der Waals surface area contributed by atoms with E-state index in [4.69, 9.17) is 4.74 Å². The Balaban J connectivity index is 1.42. The Kier molecular flexibility index (Phi) is 10.3. The molecule has 4 aliphatic carbocycles. The second kappa shape index (κ2) is 13.6. The minimum absolute atomic E-state index is 0.103. The van der Waals surface area contributed by atoms with Gasteiger partial charge in [-0.25, -0.2) is 9.78 Å². The molecule has 0 aliphatic heterocycles. The van der Waals surface area contributed by atoms with Crippen LogP contribution in [-0.2, 0) is 19.1 Å². The maximum Gasteiger partial charge on any atom is 0.321 e. The van der Waals surface area contributed by atoms with E-state index in [0.29, 0.717) is 29.5 Å². The van der Waals surface area contributed by atoms with Crippen molar-refractivity contribution in [2.45, 2.75) is 138 Å². The first kappa shape index (κ1) is 37.2. The normalized spacial score (nSPS) is 36.3. The van der Waals surface area contributed by atoms with Crippen molar-refractivity contribution in [1.29, 1.82) is 0 Å². The van der Waals surface area contributed by atoms with Crippen molar-refractivity contribution < 1.29 is 23.9 Å². The van der Waals surface area contributed by atoms with Crippen molar-refractivity contribution in [2.24, 2.45) is 51.2 Å². The molecular weight excluding hydrogens is 614 g/mol. The van der Waals surface area contributed by atoms with Gasteiger partial charge in [0, 0.05) is 23.4 Å². The van der Waals surface area contributed by atoms with E-state index in [-0.39, 0.29) is 53.1 Å². The van der Waals surface area contributed by atoms with Gasteiger partial charge in [-0.1, -0.05) is 67.0 Å². The zero-order chi connectivity index (χ0) is 36.0. The molecule has 0 saturated heterocycles. The summed E-state index contributed by atoms with van der Waals surface area (Å²) in [5.41, 5.74) is 1.17. The number of anilines is 1. The van der Waals surface area contributed by atoms with Gasteiger partial charge in [0.2, 0.25) is 0 Å². The predicted molar refractivity (Wildman–Crippen MR) is 193 cm³/mol. The van der Waals surface area contributed by atoms with Crippen LogP contribution in [0.15, 0.2) is 35.5 Å². The number of amides is 2. The molecule has 49 heavy (non-hydrogen) atoms. The number of hydrogen-bond donors (Lipinski definition) is 2. The van der Waals surface area contributed by atoms with E-state index >= 15 is 0 Å². The van der Waals surface area contributed by atoms with Crippen LogP contribution < -0.4 is 10.6 Å². The molecule has 8 atom stereocenters. The zero-order valence-electron chi connectivity index (χ0n) is 31.5. The Hall–Kier alpha value is -3.03. The molecule has 0 bridgehead atoms. The third-order valence-electron chi connectivity index (χ3n) is 14.1. The number of rotatable bonds is 9. The summed E-state index contributed by atoms with van der Waals surface area (Å²) in [6.45, 7) is 19.9. The van der Waals surface area contributed by atoms with Crippen molar-refractivity contribution in [1.82, 2.24) is 10.3 Å². The molecule has 0 radical (unpaired) electrons. The quantitative estimate of drug-likeness (QED) is 0.154. The number of ether oxygens (including phenoxy) is 1. The summed E-state index contributed by atoms with van der Waals surface area (Å²) < 4.78 is 6.19. The highest BCUT2D eigenvalue weighted by Gasteiger charge is 2.66. The average molecular weight is 676 g/mol. The molecule has 8 heteroatoms. The lowest BCUT2D eigenvalue weighted by atomic mass is 9.36. The fraction of sp³-hybridized carbons (Fsp3) is 0.732. The summed E-state index contributed by atoms with van der Waals surface area (Å²) in [6.07, 6.45) is 11.6. The second-order valence-electron chi connectivity index (χ2n) is 18.1. The first-order chi connectivity index (χ1) is 22.9. The summed E-state index contributed by atoms with van der Waals surface area (Å²) in [7, 11) is 0. The molecule has 8 nitrogen and oxygen atoms in total. The second-order valence-corrected chi connectivity index (χ2v) is 18.1. The van der Waals surface area contributed by atoms with Gasteiger partial charge in [-0.15, -0.1) is 0 Å². The first-order valence-electron chi connectivity index (χ1n) is 18.7. The molecule has 0 aromatic carbocycles. The molecule has 8 unspecified atom stereocenters. The third-order valence-corrected chi connectivity index (χ3v) is 14.1. The van der Waals surface area contributed by atoms with Crippen LogP contribution >= 0.6 is 0 Å². The van der Waals surface area contributed by atoms with Crippen LogP contribution in [0.4, 0.5) is 10.6 Å². The average Bonchev–Trinajstić information content (AvgIpc) is 3.02. The van der Waals surface area contributed by atoms with Crippen LogP contribution in [0.25, 0.3) is 0 Å². The number of urea groups is 1. The number of carbonyl (C=O) groups excluding carboxylic acids is 4. The maximum absolute atomic E-state index is 13.5. The predicted octanol–water partition coefficient (Wildman–Crippen LogP) is 8.71. The van der Waals surface area contributed by atoms with Crippen molar-refractivity contribution in [2.75, 3.05) is 5.32 Å². The van der Waals surface area contributed by atoms with Crippen LogP contribution in [0.3, 0.4) is 0 Å². The first-order valence-corrected chi connectivity index (χ1v) is 18.7. The lowest BCUT2D eigenvalue weighted by Crippen LogP contribution is -2.65. The van der Waals surface area contributed by atoms with Crippen LogP contribution in [0.5, 0.6) is 0 Å². The third kappa shape index (κ3) is 6.74. The maximum atomic E-state index is 13.5. The van der Waals surface area contributed by atoms with E-state index in [1.165, 1.54) is 11.1 Å². The van der Waals surface area contributed by atoms with E-state index in [2.05, 4.69) is 64.1 Å². The number of aldehydes is 2. The fourth-order valence-corrected chi connectivity index (χ4v) is 11.6. The number of carbonyl (C=O) groups is 4. The van der Waals surface area contributed by atoms with Gasteiger partial charge in [0.1, 0.15) is 24.5 Å². The van der Waals surface area contributed by atoms with Crippen LogP contribution in [0.1, 0.15) is 127 Å². The molecule has 1 aromatic heterocycles. The lowest BCUT2D eigenvalue weighted by molar-refractivity contribution is -0.213. The molecular formula is C41H61N3O5. The topological polar surface area (TPSA) is 114 Å². The van der Waals surface area contributed by atoms with Crippen molar-refractivity contribution in [3.8, 4) is 0 Å². The highest BCUT2D eigenvalue weighted by Crippen LogP contribution is 2.71. The van der Waals surface area contributed by atoms with E-state index in [9.17, 15) is 19.2 Å². The molecule has 2 N–H and O–H groups in total. The minimum atomic E-state index is -0.733. The van der Waals surface area contributed by atoms with E-state index in [1.807, 2.05) is 12.1 Å². The number of nitrogens with one attached hydrogen (secondary N) is 2. The SMILES string of the molecule is C/C(=C1/C2CCC3C(C)(CCC4C(C)(C)C(OC(=O)CC(C)(C)C=O)CCC43C)C2CCC1(CC=O)NC(=O)Nc1ccccn1)C(C)C. The fourth-order valence-electron chi connectivity index (χ4n) is 11.6. The smallest absolute Gasteiger partial charge is 0.321 e. The Bertz CT molecular complexity index is 1450. The van der Waals surface area contributed by atoms with E-state index in [1.54, 1.807) is 26.1 Å². The number of fused-ring (bicyclic) bond motifs is 5. The molecule has 270 valence electrons. The van der Waals surface area contributed by atoms with Crippen molar-refractivity contribution in [3.05, 3.63) is 35.5 Å². The molecule has 1 heterocycles. The molecule has 0 spiro atoms. The van der Waals surface area contributed by atoms with Gasteiger partial charge in [-0.3, -0.25) is 10.1 Å². The summed E-state index contributed by atoms with van der Waals surface area (Å²) in [5.74, 6) is 2.19. The number of hydrogen-bond acceptors (Lipinski definition) is 6. The van der Waals surface area contributed by atoms with Crippen LogP contribution in [0.2, 0.25) is 0 Å². The number of esters is 1. The zero-order valence-corrected chi connectivity index (χ0v) is 31.5. The lowest BCUT2D eigenvalue weighted by Gasteiger charge is -2.69.